The number of hydrogen-bond donors (Lipinski definition) is 1. The third-order valence-electron chi connectivity index (χ3n) is 4.61. The zero-order valence-electron chi connectivity index (χ0n) is 11.5. The number of nitrogens with two attached hydrogens (primary N) is 1. The first kappa shape index (κ1) is 13.5. The molecule has 1 fully saturated rings. The van der Waals surface area contributed by atoms with Crippen LogP contribution >= 0.6 is 0 Å². The lowest BCUT2D eigenvalue weighted by Crippen LogP contribution is -2.45. The van der Waals surface area contributed by atoms with Gasteiger partial charge in [-0.3, -0.25) is 0 Å². The van der Waals surface area contributed by atoms with Gasteiger partial charge in [-0.05, 0) is 48.8 Å². The second kappa shape index (κ2) is 5.40. The standard InChI is InChI=1S/C16H24FN/c1-3-16(18,13-7-4-6-12(2)10-13)14-8-5-9-15(17)11-14/h5,8-9,11-13H,3-4,6-7,10,18H2,1-2H3. The Morgan fingerprint density at radius 3 is 2.78 bits per heavy atom. The minimum absolute atomic E-state index is 0.181. The molecule has 0 heterocycles. The molecule has 0 aliphatic heterocycles. The largest absolute Gasteiger partial charge is 0.321 e. The molecule has 100 valence electrons. The van der Waals surface area contributed by atoms with Crippen molar-refractivity contribution >= 4 is 0 Å². The first-order valence-corrected chi connectivity index (χ1v) is 7.11. The molecule has 0 radical (unpaired) electrons. The van der Waals surface area contributed by atoms with Crippen molar-refractivity contribution < 1.29 is 4.39 Å². The molecule has 1 aliphatic carbocycles. The van der Waals surface area contributed by atoms with Gasteiger partial charge in [0.05, 0.1) is 0 Å². The van der Waals surface area contributed by atoms with Crippen LogP contribution in [0.3, 0.4) is 0 Å². The Hall–Kier alpha value is -0.890. The molecule has 1 nitrogen and oxygen atoms in total. The molecular weight excluding hydrogens is 225 g/mol. The Bertz CT molecular complexity index is 404. The maximum Gasteiger partial charge on any atom is 0.123 e. The minimum atomic E-state index is -0.364. The second-order valence-electron chi connectivity index (χ2n) is 5.87. The molecule has 1 aromatic rings. The highest BCUT2D eigenvalue weighted by atomic mass is 19.1. The molecule has 18 heavy (non-hydrogen) atoms. The normalized spacial score (nSPS) is 27.8. The van der Waals surface area contributed by atoms with E-state index >= 15 is 0 Å². The predicted octanol–water partition coefficient (Wildman–Crippen LogP) is 4.22. The number of benzene rings is 1. The van der Waals surface area contributed by atoms with Crippen molar-refractivity contribution in [3.05, 3.63) is 35.6 Å². The monoisotopic (exact) mass is 249 g/mol. The highest BCUT2D eigenvalue weighted by molar-refractivity contribution is 5.26. The van der Waals surface area contributed by atoms with E-state index in [0.717, 1.165) is 17.9 Å². The molecule has 1 saturated carbocycles. The fourth-order valence-corrected chi connectivity index (χ4v) is 3.41. The van der Waals surface area contributed by atoms with Gasteiger partial charge in [0.2, 0.25) is 0 Å². The summed E-state index contributed by atoms with van der Waals surface area (Å²) in [5, 5.41) is 0. The van der Waals surface area contributed by atoms with Crippen LogP contribution in [0.4, 0.5) is 4.39 Å². The maximum atomic E-state index is 13.4. The van der Waals surface area contributed by atoms with Gasteiger partial charge in [-0.2, -0.15) is 0 Å². The van der Waals surface area contributed by atoms with Crippen molar-refractivity contribution in [3.8, 4) is 0 Å². The van der Waals surface area contributed by atoms with Crippen LogP contribution in [0.25, 0.3) is 0 Å². The quantitative estimate of drug-likeness (QED) is 0.853. The van der Waals surface area contributed by atoms with E-state index < -0.39 is 0 Å². The van der Waals surface area contributed by atoms with Gasteiger partial charge < -0.3 is 5.73 Å². The van der Waals surface area contributed by atoms with Crippen molar-refractivity contribution in [2.45, 2.75) is 51.5 Å². The molecule has 2 rings (SSSR count). The Labute approximate surface area is 110 Å². The van der Waals surface area contributed by atoms with E-state index in [-0.39, 0.29) is 11.4 Å². The van der Waals surface area contributed by atoms with E-state index in [1.165, 1.54) is 31.7 Å². The van der Waals surface area contributed by atoms with E-state index in [2.05, 4.69) is 13.8 Å². The molecular formula is C16H24FN. The van der Waals surface area contributed by atoms with Crippen LogP contribution in [0.5, 0.6) is 0 Å². The van der Waals surface area contributed by atoms with E-state index in [0.29, 0.717) is 5.92 Å². The Kier molecular flexibility index (Phi) is 4.06. The van der Waals surface area contributed by atoms with Crippen molar-refractivity contribution in [2.75, 3.05) is 0 Å². The SMILES string of the molecule is CCC(N)(c1cccc(F)c1)C1CCCC(C)C1. The van der Waals surface area contributed by atoms with Crippen LogP contribution in [0.2, 0.25) is 0 Å². The molecule has 2 heteroatoms. The zero-order chi connectivity index (χ0) is 13.2. The third-order valence-corrected chi connectivity index (χ3v) is 4.61. The van der Waals surface area contributed by atoms with Crippen LogP contribution < -0.4 is 5.73 Å². The van der Waals surface area contributed by atoms with Gasteiger partial charge in [0.25, 0.3) is 0 Å². The first-order chi connectivity index (χ1) is 8.56. The van der Waals surface area contributed by atoms with Crippen molar-refractivity contribution in [3.63, 3.8) is 0 Å². The average molecular weight is 249 g/mol. The van der Waals surface area contributed by atoms with Gasteiger partial charge in [0, 0.05) is 5.54 Å². The fourth-order valence-electron chi connectivity index (χ4n) is 3.41. The second-order valence-corrected chi connectivity index (χ2v) is 5.87. The number of halogens is 1. The summed E-state index contributed by atoms with van der Waals surface area (Å²) in [4.78, 5) is 0. The molecule has 0 spiro atoms. The third kappa shape index (κ3) is 2.59. The van der Waals surface area contributed by atoms with E-state index in [4.69, 9.17) is 5.73 Å². The van der Waals surface area contributed by atoms with E-state index in [9.17, 15) is 4.39 Å². The van der Waals surface area contributed by atoms with Gasteiger partial charge >= 0.3 is 0 Å². The summed E-state index contributed by atoms with van der Waals surface area (Å²) in [5.41, 5.74) is 7.26. The fraction of sp³-hybridized carbons (Fsp3) is 0.625. The Morgan fingerprint density at radius 2 is 2.17 bits per heavy atom. The molecule has 0 saturated heterocycles. The summed E-state index contributed by atoms with van der Waals surface area (Å²) in [6, 6.07) is 6.85. The number of rotatable bonds is 3. The lowest BCUT2D eigenvalue weighted by Gasteiger charge is -2.41. The van der Waals surface area contributed by atoms with E-state index in [1.807, 2.05) is 6.07 Å². The van der Waals surface area contributed by atoms with Crippen LogP contribution in [0.15, 0.2) is 24.3 Å². The average Bonchev–Trinajstić information content (AvgIpc) is 2.38. The Balaban J connectivity index is 2.29. The molecule has 3 unspecified atom stereocenters. The summed E-state index contributed by atoms with van der Waals surface area (Å²) >= 11 is 0. The maximum absolute atomic E-state index is 13.4. The minimum Gasteiger partial charge on any atom is -0.321 e. The first-order valence-electron chi connectivity index (χ1n) is 7.11. The lowest BCUT2D eigenvalue weighted by atomic mass is 9.68. The van der Waals surface area contributed by atoms with Crippen molar-refractivity contribution in [1.82, 2.24) is 0 Å². The summed E-state index contributed by atoms with van der Waals surface area (Å²) in [6.07, 6.45) is 5.76. The van der Waals surface area contributed by atoms with Gasteiger partial charge in [-0.15, -0.1) is 0 Å². The van der Waals surface area contributed by atoms with Gasteiger partial charge in [-0.25, -0.2) is 4.39 Å². The number of hydrogen-bond acceptors (Lipinski definition) is 1. The summed E-state index contributed by atoms with van der Waals surface area (Å²) in [5.74, 6) is 1.04. The van der Waals surface area contributed by atoms with Crippen LogP contribution in [-0.2, 0) is 5.54 Å². The lowest BCUT2D eigenvalue weighted by molar-refractivity contribution is 0.165. The van der Waals surface area contributed by atoms with Crippen LogP contribution in [0, 0.1) is 17.7 Å². The van der Waals surface area contributed by atoms with Gasteiger partial charge in [0.1, 0.15) is 5.82 Å². The van der Waals surface area contributed by atoms with Gasteiger partial charge in [-0.1, -0.05) is 38.8 Å². The van der Waals surface area contributed by atoms with E-state index in [1.54, 1.807) is 12.1 Å². The highest BCUT2D eigenvalue weighted by Crippen LogP contribution is 2.41. The smallest absolute Gasteiger partial charge is 0.123 e. The summed E-state index contributed by atoms with van der Waals surface area (Å²) < 4.78 is 13.4. The molecule has 3 atom stereocenters. The van der Waals surface area contributed by atoms with Crippen molar-refractivity contribution in [1.29, 1.82) is 0 Å². The predicted molar refractivity (Wildman–Crippen MR) is 73.7 cm³/mol. The molecule has 0 bridgehead atoms. The topological polar surface area (TPSA) is 26.0 Å². The Morgan fingerprint density at radius 1 is 1.39 bits per heavy atom. The summed E-state index contributed by atoms with van der Waals surface area (Å²) in [6.45, 7) is 4.41. The molecule has 2 N–H and O–H groups in total. The summed E-state index contributed by atoms with van der Waals surface area (Å²) in [7, 11) is 0. The molecule has 0 aromatic heterocycles. The molecule has 1 aliphatic rings. The molecule has 1 aromatic carbocycles. The zero-order valence-corrected chi connectivity index (χ0v) is 11.5. The van der Waals surface area contributed by atoms with Gasteiger partial charge in [0.15, 0.2) is 0 Å². The van der Waals surface area contributed by atoms with Crippen LogP contribution in [-0.4, -0.2) is 0 Å². The highest BCUT2D eigenvalue weighted by Gasteiger charge is 2.37. The molecule has 0 amide bonds. The van der Waals surface area contributed by atoms with Crippen LogP contribution in [0.1, 0.15) is 51.5 Å². The van der Waals surface area contributed by atoms with Crippen molar-refractivity contribution in [2.24, 2.45) is 17.6 Å².